The summed E-state index contributed by atoms with van der Waals surface area (Å²) in [5, 5.41) is 6.67. The van der Waals surface area contributed by atoms with Crippen molar-refractivity contribution in [3.05, 3.63) is 65.7 Å². The molecule has 0 spiro atoms. The molecule has 0 atom stereocenters. The molecular weight excluding hydrogens is 414 g/mol. The summed E-state index contributed by atoms with van der Waals surface area (Å²) in [6.45, 7) is 10.0. The van der Waals surface area contributed by atoms with Gasteiger partial charge in [-0.2, -0.15) is 0 Å². The average molecular weight is 448 g/mol. The number of aliphatic imine (C=N–C) groups is 1. The molecule has 1 saturated heterocycles. The molecule has 3 heterocycles. The van der Waals surface area contributed by atoms with E-state index in [1.54, 1.807) is 6.26 Å². The maximum atomic E-state index is 5.67. The van der Waals surface area contributed by atoms with E-state index >= 15 is 0 Å². The van der Waals surface area contributed by atoms with Crippen LogP contribution in [0.1, 0.15) is 23.7 Å². The Bertz CT molecular complexity index is 1050. The highest BCUT2D eigenvalue weighted by Gasteiger charge is 2.18. The molecule has 1 aliphatic rings. The highest BCUT2D eigenvalue weighted by molar-refractivity contribution is 5.79. The summed E-state index contributed by atoms with van der Waals surface area (Å²) in [6.07, 6.45) is 3.55. The molecular formula is C25H33N7O. The molecule has 2 N–H and O–H groups in total. The van der Waals surface area contributed by atoms with Gasteiger partial charge in [0.1, 0.15) is 12.1 Å². The molecule has 2 aromatic heterocycles. The summed E-state index contributed by atoms with van der Waals surface area (Å²) in [4.78, 5) is 18.8. The van der Waals surface area contributed by atoms with E-state index in [1.165, 1.54) is 5.56 Å². The Balaban J connectivity index is 1.40. The van der Waals surface area contributed by atoms with Crippen molar-refractivity contribution in [2.75, 3.05) is 44.7 Å². The first kappa shape index (κ1) is 22.8. The predicted octanol–water partition coefficient (Wildman–Crippen LogP) is 3.05. The zero-order chi connectivity index (χ0) is 23.0. The lowest BCUT2D eigenvalue weighted by atomic mass is 10.1. The maximum Gasteiger partial charge on any atom is 0.226 e. The van der Waals surface area contributed by atoms with Crippen molar-refractivity contribution in [2.24, 2.45) is 4.99 Å². The lowest BCUT2D eigenvalue weighted by Crippen LogP contribution is -2.45. The molecule has 8 heteroatoms. The predicted molar refractivity (Wildman–Crippen MR) is 132 cm³/mol. The SMILES string of the molecule is CCNC(=NCc1cccnc1N1CCN(C)CC1)NCc1coc(-c2ccc(C)cc2)n1. The average Bonchev–Trinajstić information content (AvgIpc) is 3.31. The van der Waals surface area contributed by atoms with E-state index in [1.807, 2.05) is 24.4 Å². The van der Waals surface area contributed by atoms with Crippen molar-refractivity contribution in [2.45, 2.75) is 26.9 Å². The molecule has 8 nitrogen and oxygen atoms in total. The fourth-order valence-corrected chi connectivity index (χ4v) is 3.75. The number of nitrogens with zero attached hydrogens (tertiary/aromatic N) is 5. The molecule has 1 aliphatic heterocycles. The van der Waals surface area contributed by atoms with Gasteiger partial charge in [-0.1, -0.05) is 23.8 Å². The fraction of sp³-hybridized carbons (Fsp3) is 0.400. The molecule has 0 saturated carbocycles. The van der Waals surface area contributed by atoms with Gasteiger partial charge in [-0.25, -0.2) is 15.0 Å². The number of aryl methyl sites for hydroxylation is 1. The van der Waals surface area contributed by atoms with E-state index in [-0.39, 0.29) is 0 Å². The van der Waals surface area contributed by atoms with Gasteiger partial charge < -0.3 is 24.9 Å². The van der Waals surface area contributed by atoms with Crippen LogP contribution < -0.4 is 15.5 Å². The molecule has 0 aliphatic carbocycles. The van der Waals surface area contributed by atoms with Gasteiger partial charge in [-0.05, 0) is 39.1 Å². The molecule has 174 valence electrons. The number of piperazine rings is 1. The number of nitrogens with one attached hydrogen (secondary N) is 2. The van der Waals surface area contributed by atoms with Crippen LogP contribution in [0.4, 0.5) is 5.82 Å². The number of likely N-dealkylation sites (N-methyl/N-ethyl adjacent to an activating group) is 1. The van der Waals surface area contributed by atoms with Gasteiger partial charge in [0, 0.05) is 50.0 Å². The van der Waals surface area contributed by atoms with Crippen LogP contribution in [0, 0.1) is 6.92 Å². The van der Waals surface area contributed by atoms with Crippen LogP contribution in [-0.4, -0.2) is 60.6 Å². The molecule has 3 aromatic rings. The first-order valence-corrected chi connectivity index (χ1v) is 11.5. The minimum atomic E-state index is 0.527. The van der Waals surface area contributed by atoms with Crippen LogP contribution in [0.15, 0.2) is 58.3 Å². The van der Waals surface area contributed by atoms with Gasteiger partial charge in [-0.3, -0.25) is 0 Å². The van der Waals surface area contributed by atoms with E-state index in [9.17, 15) is 0 Å². The topological polar surface area (TPSA) is 81.8 Å². The van der Waals surface area contributed by atoms with E-state index in [0.717, 1.165) is 61.3 Å². The third kappa shape index (κ3) is 6.10. The smallest absolute Gasteiger partial charge is 0.226 e. The Morgan fingerprint density at radius 1 is 1.09 bits per heavy atom. The quantitative estimate of drug-likeness (QED) is 0.426. The van der Waals surface area contributed by atoms with E-state index in [4.69, 9.17) is 9.41 Å². The minimum Gasteiger partial charge on any atom is -0.444 e. The zero-order valence-electron chi connectivity index (χ0n) is 19.7. The second kappa shape index (κ2) is 11.0. The first-order valence-electron chi connectivity index (χ1n) is 11.5. The second-order valence-electron chi connectivity index (χ2n) is 8.34. The van der Waals surface area contributed by atoms with Crippen LogP contribution >= 0.6 is 0 Å². The van der Waals surface area contributed by atoms with Gasteiger partial charge in [-0.15, -0.1) is 0 Å². The van der Waals surface area contributed by atoms with Crippen LogP contribution in [-0.2, 0) is 13.1 Å². The standard InChI is InChI=1S/C25H33N7O/c1-4-26-25(29-17-22-18-33-24(30-22)20-9-7-19(2)8-10-20)28-16-21-6-5-11-27-23(21)32-14-12-31(3)13-15-32/h5-11,18H,4,12-17H2,1-3H3,(H2,26,28,29). The number of pyridine rings is 1. The summed E-state index contributed by atoms with van der Waals surface area (Å²) >= 11 is 0. The minimum absolute atomic E-state index is 0.527. The van der Waals surface area contributed by atoms with Crippen LogP contribution in [0.3, 0.4) is 0 Å². The lowest BCUT2D eigenvalue weighted by Gasteiger charge is -2.34. The summed E-state index contributed by atoms with van der Waals surface area (Å²) in [5.41, 5.74) is 4.14. The van der Waals surface area contributed by atoms with Crippen LogP contribution in [0.5, 0.6) is 0 Å². The van der Waals surface area contributed by atoms with Crippen molar-refractivity contribution in [1.29, 1.82) is 0 Å². The molecule has 0 amide bonds. The third-order valence-electron chi connectivity index (χ3n) is 5.71. The Labute approximate surface area is 195 Å². The largest absolute Gasteiger partial charge is 0.444 e. The highest BCUT2D eigenvalue weighted by atomic mass is 16.3. The molecule has 4 rings (SSSR count). The molecule has 0 bridgehead atoms. The fourth-order valence-electron chi connectivity index (χ4n) is 3.75. The van der Waals surface area contributed by atoms with Crippen molar-refractivity contribution < 1.29 is 4.42 Å². The van der Waals surface area contributed by atoms with Crippen molar-refractivity contribution in [3.8, 4) is 11.5 Å². The molecule has 1 fully saturated rings. The van der Waals surface area contributed by atoms with Crippen molar-refractivity contribution in [3.63, 3.8) is 0 Å². The van der Waals surface area contributed by atoms with Crippen molar-refractivity contribution in [1.82, 2.24) is 25.5 Å². The number of aromatic nitrogens is 2. The van der Waals surface area contributed by atoms with Crippen LogP contribution in [0.25, 0.3) is 11.5 Å². The van der Waals surface area contributed by atoms with Gasteiger partial charge >= 0.3 is 0 Å². The molecule has 0 radical (unpaired) electrons. The van der Waals surface area contributed by atoms with E-state index in [2.05, 4.69) is 69.5 Å². The van der Waals surface area contributed by atoms with Gasteiger partial charge in [0.25, 0.3) is 0 Å². The lowest BCUT2D eigenvalue weighted by molar-refractivity contribution is 0.312. The first-order chi connectivity index (χ1) is 16.1. The van der Waals surface area contributed by atoms with Gasteiger partial charge in [0.15, 0.2) is 5.96 Å². The second-order valence-corrected chi connectivity index (χ2v) is 8.34. The number of rotatable bonds is 7. The summed E-state index contributed by atoms with van der Waals surface area (Å²) in [5.74, 6) is 2.40. The Morgan fingerprint density at radius 3 is 2.64 bits per heavy atom. The number of benzene rings is 1. The maximum absolute atomic E-state index is 5.67. The Kier molecular flexibility index (Phi) is 7.57. The van der Waals surface area contributed by atoms with Gasteiger partial charge in [0.2, 0.25) is 5.89 Å². The summed E-state index contributed by atoms with van der Waals surface area (Å²) in [6, 6.07) is 12.3. The normalized spacial score (nSPS) is 15.0. The Morgan fingerprint density at radius 2 is 1.88 bits per heavy atom. The number of hydrogen-bond donors (Lipinski definition) is 2. The van der Waals surface area contributed by atoms with Crippen molar-refractivity contribution >= 4 is 11.8 Å². The summed E-state index contributed by atoms with van der Waals surface area (Å²) < 4.78 is 5.67. The summed E-state index contributed by atoms with van der Waals surface area (Å²) in [7, 11) is 2.16. The molecule has 0 unspecified atom stereocenters. The van der Waals surface area contributed by atoms with Crippen LogP contribution in [0.2, 0.25) is 0 Å². The number of oxazole rings is 1. The monoisotopic (exact) mass is 447 g/mol. The third-order valence-corrected chi connectivity index (χ3v) is 5.71. The zero-order valence-corrected chi connectivity index (χ0v) is 19.7. The number of hydrogen-bond acceptors (Lipinski definition) is 6. The molecule has 1 aromatic carbocycles. The van der Waals surface area contributed by atoms with Gasteiger partial charge in [0.05, 0.1) is 18.8 Å². The van der Waals surface area contributed by atoms with E-state index in [0.29, 0.717) is 19.0 Å². The Hall–Kier alpha value is -3.39. The van der Waals surface area contributed by atoms with E-state index < -0.39 is 0 Å². The number of anilines is 1. The molecule has 33 heavy (non-hydrogen) atoms. The highest BCUT2D eigenvalue weighted by Crippen LogP contribution is 2.20. The number of guanidine groups is 1.